The summed E-state index contributed by atoms with van der Waals surface area (Å²) in [5, 5.41) is 6.10. The van der Waals surface area contributed by atoms with E-state index in [0.29, 0.717) is 19.7 Å². The lowest BCUT2D eigenvalue weighted by Gasteiger charge is -2.46. The number of carbonyl (C=O) groups excluding carboxylic acids is 2. The number of hydrogen-bond donors (Lipinski definition) is 2. The fraction of sp³-hybridized carbons (Fsp3) is 0.636. The molecular weight excluding hydrogens is 368 g/mol. The van der Waals surface area contributed by atoms with E-state index in [4.69, 9.17) is 4.74 Å². The predicted molar refractivity (Wildman–Crippen MR) is 112 cm³/mol. The van der Waals surface area contributed by atoms with E-state index in [1.807, 2.05) is 36.1 Å². The lowest BCUT2D eigenvalue weighted by atomic mass is 9.60. The number of fused-ring (bicyclic) bond motifs is 1. The molecule has 0 aliphatic carbocycles. The molecule has 0 unspecified atom stereocenters. The number of aryl methyl sites for hydroxylation is 1. The van der Waals surface area contributed by atoms with Crippen molar-refractivity contribution >= 4 is 17.6 Å². The van der Waals surface area contributed by atoms with Crippen LogP contribution in [-0.2, 0) is 9.53 Å². The monoisotopic (exact) mass is 400 g/mol. The molecule has 158 valence electrons. The molecule has 29 heavy (non-hydrogen) atoms. The molecule has 3 heterocycles. The zero-order chi connectivity index (χ0) is 20.5. The quantitative estimate of drug-likeness (QED) is 0.812. The van der Waals surface area contributed by atoms with Crippen LogP contribution in [0.5, 0.6) is 0 Å². The Labute approximate surface area is 172 Å². The Morgan fingerprint density at radius 2 is 2.03 bits per heavy atom. The molecule has 2 spiro atoms. The molecule has 1 atom stereocenters. The summed E-state index contributed by atoms with van der Waals surface area (Å²) >= 11 is 0. The van der Waals surface area contributed by atoms with E-state index in [1.54, 1.807) is 7.11 Å². The third-order valence-corrected chi connectivity index (χ3v) is 7.20. The van der Waals surface area contributed by atoms with E-state index >= 15 is 0 Å². The minimum Gasteiger partial charge on any atom is -0.383 e. The van der Waals surface area contributed by atoms with Crippen LogP contribution in [0.25, 0.3) is 0 Å². The van der Waals surface area contributed by atoms with Crippen molar-refractivity contribution in [3.63, 3.8) is 0 Å². The summed E-state index contributed by atoms with van der Waals surface area (Å²) in [6.45, 7) is 7.39. The van der Waals surface area contributed by atoms with Crippen molar-refractivity contribution in [3.8, 4) is 0 Å². The second kappa shape index (κ2) is 7.95. The van der Waals surface area contributed by atoms with Crippen LogP contribution in [0.2, 0.25) is 0 Å². The van der Waals surface area contributed by atoms with Gasteiger partial charge in [-0.25, -0.2) is 4.79 Å². The van der Waals surface area contributed by atoms with Gasteiger partial charge in [-0.15, -0.1) is 0 Å². The molecule has 3 aliphatic rings. The topological polar surface area (TPSA) is 73.9 Å². The van der Waals surface area contributed by atoms with Gasteiger partial charge in [-0.05, 0) is 43.9 Å². The number of methoxy groups -OCH3 is 1. The fourth-order valence-electron chi connectivity index (χ4n) is 5.59. The van der Waals surface area contributed by atoms with Gasteiger partial charge in [0.05, 0.1) is 12.0 Å². The molecule has 0 bridgehead atoms. The van der Waals surface area contributed by atoms with Crippen molar-refractivity contribution in [2.24, 2.45) is 10.8 Å². The maximum atomic E-state index is 12.9. The zero-order valence-corrected chi connectivity index (χ0v) is 17.5. The van der Waals surface area contributed by atoms with Crippen molar-refractivity contribution < 1.29 is 14.3 Å². The van der Waals surface area contributed by atoms with Crippen LogP contribution in [0.4, 0.5) is 10.5 Å². The molecule has 3 fully saturated rings. The van der Waals surface area contributed by atoms with Gasteiger partial charge in [0.25, 0.3) is 0 Å². The molecule has 1 aromatic rings. The number of nitrogens with one attached hydrogen (secondary N) is 2. The molecular formula is C22H32N4O3. The van der Waals surface area contributed by atoms with E-state index in [1.165, 1.54) is 0 Å². The summed E-state index contributed by atoms with van der Waals surface area (Å²) < 4.78 is 5.27. The summed E-state index contributed by atoms with van der Waals surface area (Å²) in [6, 6.07) is 7.81. The van der Waals surface area contributed by atoms with Crippen molar-refractivity contribution in [2.45, 2.75) is 26.2 Å². The Hall–Kier alpha value is -2.12. The van der Waals surface area contributed by atoms with Gasteiger partial charge in [-0.3, -0.25) is 9.69 Å². The normalized spacial score (nSPS) is 26.3. The lowest BCUT2D eigenvalue weighted by Crippen LogP contribution is -2.53. The van der Waals surface area contributed by atoms with Crippen molar-refractivity contribution in [1.82, 2.24) is 15.1 Å². The first-order valence-electron chi connectivity index (χ1n) is 10.6. The first-order valence-corrected chi connectivity index (χ1v) is 10.6. The molecule has 1 aromatic carbocycles. The van der Waals surface area contributed by atoms with Gasteiger partial charge in [0.15, 0.2) is 0 Å². The molecule has 2 N–H and O–H groups in total. The molecule has 4 rings (SSSR count). The van der Waals surface area contributed by atoms with E-state index in [-0.39, 0.29) is 22.8 Å². The van der Waals surface area contributed by atoms with E-state index in [9.17, 15) is 9.59 Å². The highest BCUT2D eigenvalue weighted by molar-refractivity contribution is 5.90. The number of carbonyl (C=O) groups is 2. The van der Waals surface area contributed by atoms with Crippen LogP contribution in [0.15, 0.2) is 24.3 Å². The van der Waals surface area contributed by atoms with Gasteiger partial charge in [0, 0.05) is 57.5 Å². The summed E-state index contributed by atoms with van der Waals surface area (Å²) in [6.07, 6.45) is 2.63. The Bertz CT molecular complexity index is 775. The summed E-state index contributed by atoms with van der Waals surface area (Å²) in [5.74, 6) is 0.204. The van der Waals surface area contributed by atoms with Crippen molar-refractivity contribution in [2.75, 3.05) is 58.3 Å². The average molecular weight is 401 g/mol. The second-order valence-corrected chi connectivity index (χ2v) is 8.86. The first-order chi connectivity index (χ1) is 14.0. The number of likely N-dealkylation sites (tertiary alicyclic amines) is 2. The van der Waals surface area contributed by atoms with Crippen LogP contribution in [0.3, 0.4) is 0 Å². The minimum absolute atomic E-state index is 0.0513. The number of nitrogens with zero attached hydrogens (tertiary/aromatic N) is 2. The molecule has 3 saturated heterocycles. The number of anilines is 1. The Kier molecular flexibility index (Phi) is 5.53. The SMILES string of the molecule is COCCN1CC2(CCN(C(=O)Nc3cccc(C)c3)CC2)[C@@]2(CCNC2=O)C1. The number of ether oxygens (including phenoxy) is 1. The van der Waals surface area contributed by atoms with Crippen LogP contribution in [0, 0.1) is 17.8 Å². The Morgan fingerprint density at radius 1 is 1.24 bits per heavy atom. The summed E-state index contributed by atoms with van der Waals surface area (Å²) in [4.78, 5) is 30.0. The molecule has 7 nitrogen and oxygen atoms in total. The predicted octanol–water partition coefficient (Wildman–Crippen LogP) is 2.08. The lowest BCUT2D eigenvalue weighted by molar-refractivity contribution is -0.133. The van der Waals surface area contributed by atoms with Crippen LogP contribution >= 0.6 is 0 Å². The van der Waals surface area contributed by atoms with Gasteiger partial charge in [-0.1, -0.05) is 12.1 Å². The second-order valence-electron chi connectivity index (χ2n) is 8.86. The smallest absolute Gasteiger partial charge is 0.321 e. The van der Waals surface area contributed by atoms with Crippen molar-refractivity contribution in [3.05, 3.63) is 29.8 Å². The van der Waals surface area contributed by atoms with Gasteiger partial charge in [0.1, 0.15) is 0 Å². The van der Waals surface area contributed by atoms with Gasteiger partial charge in [0.2, 0.25) is 5.91 Å². The standard InChI is InChI=1S/C22H32N4O3/c1-17-4-3-5-18(14-17)24-20(28)26-10-7-21(8-11-26)15-25(12-13-29-2)16-22(21)6-9-23-19(22)27/h3-5,14H,6-13,15-16H2,1-2H3,(H,23,27)(H,24,28)/t22-/m0/s1. The van der Waals surface area contributed by atoms with Gasteiger partial charge in [-0.2, -0.15) is 0 Å². The van der Waals surface area contributed by atoms with Gasteiger partial charge < -0.3 is 20.3 Å². The minimum atomic E-state index is -0.320. The van der Waals surface area contributed by atoms with Crippen LogP contribution in [0.1, 0.15) is 24.8 Å². The van der Waals surface area contributed by atoms with E-state index in [2.05, 4.69) is 15.5 Å². The summed E-state index contributed by atoms with van der Waals surface area (Å²) in [5.41, 5.74) is 1.58. The van der Waals surface area contributed by atoms with Crippen LogP contribution in [-0.4, -0.2) is 74.7 Å². The number of amides is 3. The number of benzene rings is 1. The number of urea groups is 1. The molecule has 7 heteroatoms. The molecule has 3 aliphatic heterocycles. The maximum Gasteiger partial charge on any atom is 0.321 e. The van der Waals surface area contributed by atoms with E-state index in [0.717, 1.165) is 56.7 Å². The summed E-state index contributed by atoms with van der Waals surface area (Å²) in [7, 11) is 1.72. The third-order valence-electron chi connectivity index (χ3n) is 7.20. The molecule has 0 aromatic heterocycles. The molecule has 0 saturated carbocycles. The fourth-order valence-corrected chi connectivity index (χ4v) is 5.59. The van der Waals surface area contributed by atoms with Crippen LogP contribution < -0.4 is 10.6 Å². The number of hydrogen-bond acceptors (Lipinski definition) is 4. The zero-order valence-electron chi connectivity index (χ0n) is 17.5. The first kappa shape index (κ1) is 20.2. The molecule has 0 radical (unpaired) electrons. The molecule has 3 amide bonds. The highest BCUT2D eigenvalue weighted by Gasteiger charge is 2.63. The van der Waals surface area contributed by atoms with Gasteiger partial charge >= 0.3 is 6.03 Å². The Morgan fingerprint density at radius 3 is 2.69 bits per heavy atom. The highest BCUT2D eigenvalue weighted by atomic mass is 16.5. The maximum absolute atomic E-state index is 12.9. The van der Waals surface area contributed by atoms with Crippen molar-refractivity contribution in [1.29, 1.82) is 0 Å². The number of rotatable bonds is 4. The highest BCUT2D eigenvalue weighted by Crippen LogP contribution is 2.56. The third kappa shape index (κ3) is 3.62. The largest absolute Gasteiger partial charge is 0.383 e. The average Bonchev–Trinajstić information content (AvgIpc) is 3.22. The Balaban J connectivity index is 1.44. The number of piperidine rings is 1. The van der Waals surface area contributed by atoms with E-state index < -0.39 is 0 Å².